The summed E-state index contributed by atoms with van der Waals surface area (Å²) in [5.41, 5.74) is 0. The van der Waals surface area contributed by atoms with E-state index in [2.05, 4.69) is 4.98 Å². The Bertz CT molecular complexity index is 252. The normalized spacial score (nSPS) is 8.08. The Morgan fingerprint density at radius 2 is 2.25 bits per heavy atom. The van der Waals surface area contributed by atoms with Crippen LogP contribution in [0.1, 0.15) is 6.92 Å². The van der Waals surface area contributed by atoms with Gasteiger partial charge >= 0.3 is 0 Å². The summed E-state index contributed by atoms with van der Waals surface area (Å²) in [6.07, 6.45) is 3.74. The molecule has 0 bridgehead atoms. The molecule has 0 aliphatic carbocycles. The van der Waals surface area contributed by atoms with E-state index in [0.29, 0.717) is 0 Å². The zero-order valence-electron chi connectivity index (χ0n) is 6.25. The number of carboxylic acid groups (broad SMARTS) is 1. The second kappa shape index (κ2) is 4.83. The van der Waals surface area contributed by atoms with Crippen LogP contribution in [0.2, 0.25) is 0 Å². The van der Waals surface area contributed by atoms with E-state index in [1.807, 2.05) is 0 Å². The Hall–Kier alpha value is -1.92. The zero-order valence-corrected chi connectivity index (χ0v) is 6.25. The third kappa shape index (κ3) is 4.91. The molecule has 0 fully saturated rings. The molecule has 12 heavy (non-hydrogen) atoms. The Morgan fingerprint density at radius 1 is 1.75 bits per heavy atom. The maximum Gasteiger partial charge on any atom is 0.300 e. The van der Waals surface area contributed by atoms with Crippen molar-refractivity contribution in [2.24, 2.45) is 0 Å². The first-order chi connectivity index (χ1) is 5.54. The Morgan fingerprint density at radius 3 is 2.42 bits per heavy atom. The van der Waals surface area contributed by atoms with Crippen molar-refractivity contribution in [2.45, 2.75) is 6.92 Å². The minimum absolute atomic E-state index is 0.562. The quantitative estimate of drug-likeness (QED) is 0.476. The van der Waals surface area contributed by atoms with Gasteiger partial charge in [0.05, 0.1) is 12.4 Å². The Balaban J connectivity index is 0.000000261. The Labute approximate surface area is 67.4 Å². The molecule has 0 radical (unpaired) electrons. The molecule has 0 aliphatic rings. The SMILES string of the molecule is CC(=O)O.O=[N+]([O-])n1ccnc1. The number of hydrogen-bond acceptors (Lipinski definition) is 4. The van der Waals surface area contributed by atoms with Crippen molar-refractivity contribution in [3.63, 3.8) is 0 Å². The average Bonchev–Trinajstić information content (AvgIpc) is 2.34. The van der Waals surface area contributed by atoms with Gasteiger partial charge in [-0.25, -0.2) is 15.1 Å². The van der Waals surface area contributed by atoms with Gasteiger partial charge in [0.15, 0.2) is 11.4 Å². The molecule has 0 saturated heterocycles. The number of aromatic nitrogens is 2. The van der Waals surface area contributed by atoms with Gasteiger partial charge in [-0.1, -0.05) is 4.68 Å². The Kier molecular flexibility index (Phi) is 4.06. The molecule has 0 unspecified atom stereocenters. The van der Waals surface area contributed by atoms with Crippen LogP contribution in [-0.4, -0.2) is 25.8 Å². The number of hydrogen-bond donors (Lipinski definition) is 1. The highest BCUT2D eigenvalue weighted by Crippen LogP contribution is 1.80. The van der Waals surface area contributed by atoms with E-state index in [4.69, 9.17) is 9.90 Å². The van der Waals surface area contributed by atoms with Crippen LogP contribution in [0, 0.1) is 10.1 Å². The predicted octanol–water partition coefficient (Wildman–Crippen LogP) is 0.0138. The molecule has 0 spiro atoms. The molecular weight excluding hydrogens is 166 g/mol. The monoisotopic (exact) mass is 173 g/mol. The fraction of sp³-hybridized carbons (Fsp3) is 0.200. The minimum atomic E-state index is -0.833. The summed E-state index contributed by atoms with van der Waals surface area (Å²) in [4.78, 5) is 22.3. The van der Waals surface area contributed by atoms with Crippen molar-refractivity contribution in [3.05, 3.63) is 28.8 Å². The standard InChI is InChI=1S/C3H3N3O2.C2H4O2/c7-6(8)5-2-1-4-3-5;1-2(3)4/h1-3H;1H3,(H,3,4). The smallest absolute Gasteiger partial charge is 0.300 e. The molecule has 66 valence electrons. The van der Waals surface area contributed by atoms with Crippen LogP contribution in [0.5, 0.6) is 0 Å². The van der Waals surface area contributed by atoms with Crippen LogP contribution < -0.4 is 0 Å². The van der Waals surface area contributed by atoms with Crippen molar-refractivity contribution in [1.82, 2.24) is 9.66 Å². The van der Waals surface area contributed by atoms with Gasteiger partial charge in [-0.05, 0) is 0 Å². The summed E-state index contributed by atoms with van der Waals surface area (Å²) in [6, 6.07) is 0. The van der Waals surface area contributed by atoms with Crippen LogP contribution in [0.4, 0.5) is 0 Å². The van der Waals surface area contributed by atoms with Crippen LogP contribution >= 0.6 is 0 Å². The van der Waals surface area contributed by atoms with E-state index in [1.54, 1.807) is 0 Å². The number of nitro groups is 1. The molecule has 0 aromatic carbocycles. The van der Waals surface area contributed by atoms with E-state index < -0.39 is 11.0 Å². The molecule has 1 heterocycles. The third-order valence-electron chi connectivity index (χ3n) is 0.679. The number of carboxylic acids is 1. The molecular formula is C5H7N3O4. The average molecular weight is 173 g/mol. The second-order valence-electron chi connectivity index (χ2n) is 1.70. The van der Waals surface area contributed by atoms with Gasteiger partial charge in [0, 0.05) is 6.92 Å². The summed E-state index contributed by atoms with van der Waals surface area (Å²) >= 11 is 0. The molecule has 7 nitrogen and oxygen atoms in total. The molecule has 1 rings (SSSR count). The first-order valence-electron chi connectivity index (χ1n) is 2.86. The summed E-state index contributed by atoms with van der Waals surface area (Å²) < 4.78 is 0.778. The molecule has 0 saturated carbocycles. The summed E-state index contributed by atoms with van der Waals surface area (Å²) in [6.45, 7) is 1.08. The fourth-order valence-corrected chi connectivity index (χ4v) is 0.349. The first kappa shape index (κ1) is 10.1. The van der Waals surface area contributed by atoms with Crippen LogP contribution in [0.15, 0.2) is 18.7 Å². The number of aliphatic carboxylic acids is 1. The van der Waals surface area contributed by atoms with Crippen molar-refractivity contribution in [3.8, 4) is 0 Å². The van der Waals surface area contributed by atoms with Gasteiger partial charge in [0.2, 0.25) is 0 Å². The number of nitrogens with zero attached hydrogens (tertiary/aromatic N) is 3. The molecule has 1 aromatic heterocycles. The lowest BCUT2D eigenvalue weighted by molar-refractivity contribution is -0.542. The predicted molar refractivity (Wildman–Crippen MR) is 37.9 cm³/mol. The lowest BCUT2D eigenvalue weighted by atomic mass is 10.9. The van der Waals surface area contributed by atoms with E-state index in [-0.39, 0.29) is 0 Å². The minimum Gasteiger partial charge on any atom is -0.481 e. The topological polar surface area (TPSA) is 98.3 Å². The third-order valence-corrected chi connectivity index (χ3v) is 0.679. The maximum absolute atomic E-state index is 9.79. The molecule has 0 atom stereocenters. The van der Waals surface area contributed by atoms with Crippen LogP contribution in [0.25, 0.3) is 0 Å². The van der Waals surface area contributed by atoms with Gasteiger partial charge in [-0.15, -0.1) is 0 Å². The molecule has 0 aliphatic heterocycles. The van der Waals surface area contributed by atoms with Gasteiger partial charge in [0.1, 0.15) is 0 Å². The van der Waals surface area contributed by atoms with Crippen molar-refractivity contribution in [2.75, 3.05) is 0 Å². The van der Waals surface area contributed by atoms with Crippen LogP contribution in [0.3, 0.4) is 0 Å². The summed E-state index contributed by atoms with van der Waals surface area (Å²) in [5.74, 6) is -0.833. The van der Waals surface area contributed by atoms with E-state index >= 15 is 0 Å². The number of imidazole rings is 1. The summed E-state index contributed by atoms with van der Waals surface area (Å²) in [7, 11) is 0. The van der Waals surface area contributed by atoms with Crippen molar-refractivity contribution in [1.29, 1.82) is 0 Å². The highest BCUT2D eigenvalue weighted by molar-refractivity contribution is 5.62. The van der Waals surface area contributed by atoms with Crippen LogP contribution in [-0.2, 0) is 4.79 Å². The fourth-order valence-electron chi connectivity index (χ4n) is 0.349. The zero-order chi connectivity index (χ0) is 9.56. The van der Waals surface area contributed by atoms with Gasteiger partial charge in [-0.3, -0.25) is 4.79 Å². The molecule has 7 heteroatoms. The van der Waals surface area contributed by atoms with Gasteiger partial charge < -0.3 is 5.11 Å². The van der Waals surface area contributed by atoms with E-state index in [9.17, 15) is 10.1 Å². The first-order valence-corrected chi connectivity index (χ1v) is 2.86. The van der Waals surface area contributed by atoms with E-state index in [1.165, 1.54) is 12.4 Å². The highest BCUT2D eigenvalue weighted by atomic mass is 16.7. The molecule has 1 N–H and O–H groups in total. The highest BCUT2D eigenvalue weighted by Gasteiger charge is 1.94. The van der Waals surface area contributed by atoms with Gasteiger partial charge in [-0.2, -0.15) is 0 Å². The van der Waals surface area contributed by atoms with E-state index in [0.717, 1.165) is 17.9 Å². The molecule has 0 amide bonds. The van der Waals surface area contributed by atoms with Crippen molar-refractivity contribution < 1.29 is 14.9 Å². The van der Waals surface area contributed by atoms with Gasteiger partial charge in [0.25, 0.3) is 5.97 Å². The lowest BCUT2D eigenvalue weighted by Crippen LogP contribution is -2.04. The largest absolute Gasteiger partial charge is 0.481 e. The second-order valence-corrected chi connectivity index (χ2v) is 1.70. The number of carbonyl (C=O) groups is 1. The lowest BCUT2D eigenvalue weighted by Gasteiger charge is -1.81. The molecule has 1 aromatic rings. The van der Waals surface area contributed by atoms with Crippen molar-refractivity contribution >= 4 is 5.97 Å². The summed E-state index contributed by atoms with van der Waals surface area (Å²) in [5, 5.41) is 16.6. The maximum atomic E-state index is 9.79. The number of rotatable bonds is 1.